The number of carbonyl (C=O) groups is 2. The molecule has 0 aliphatic carbocycles. The van der Waals surface area contributed by atoms with E-state index in [-0.39, 0.29) is 19.6 Å². The first kappa shape index (κ1) is 23.7. The van der Waals surface area contributed by atoms with Gasteiger partial charge in [-0.2, -0.15) is 8.42 Å². The van der Waals surface area contributed by atoms with E-state index in [4.69, 9.17) is 14.3 Å². The summed E-state index contributed by atoms with van der Waals surface area (Å²) in [4.78, 5) is 37.4. The fourth-order valence-corrected chi connectivity index (χ4v) is 1.35. The zero-order chi connectivity index (χ0) is 18.5. The minimum Gasteiger partial charge on any atom is -0.461 e. The quantitative estimate of drug-likeness (QED) is 0.216. The molecule has 0 amide bonds. The average molecular weight is 376 g/mol. The standard InChI is InChI=1S/C7H10O7S.C3H7O4P/c1-2-5-13-6(8)3-4-7(9)14-15(10,11)12;1-2-3-7-8(4,5)6/h2H,1,3-5H2,(H,10,11,12);2H,1,3H2,(H2,4,5,6). The normalized spacial score (nSPS) is 10.7. The highest BCUT2D eigenvalue weighted by atomic mass is 32.3. The molecule has 0 saturated carbocycles. The van der Waals surface area contributed by atoms with Crippen LogP contribution in [0.15, 0.2) is 25.3 Å². The molecule has 0 radical (unpaired) electrons. The van der Waals surface area contributed by atoms with Crippen LogP contribution in [0.2, 0.25) is 0 Å². The van der Waals surface area contributed by atoms with Crippen LogP contribution >= 0.6 is 7.82 Å². The van der Waals surface area contributed by atoms with Gasteiger partial charge in [0.2, 0.25) is 0 Å². The molecule has 11 nitrogen and oxygen atoms in total. The van der Waals surface area contributed by atoms with Crippen molar-refractivity contribution >= 4 is 30.2 Å². The molecule has 0 spiro atoms. The van der Waals surface area contributed by atoms with Gasteiger partial charge in [0.15, 0.2) is 0 Å². The first-order chi connectivity index (χ1) is 10.4. The predicted octanol–water partition coefficient (Wildman–Crippen LogP) is 0.124. The fourth-order valence-electron chi connectivity index (χ4n) is 0.737. The molecule has 0 aromatic rings. The summed E-state index contributed by atoms with van der Waals surface area (Å²) >= 11 is 0. The summed E-state index contributed by atoms with van der Waals surface area (Å²) in [5, 5.41) is 0. The van der Waals surface area contributed by atoms with Crippen LogP contribution in [0.1, 0.15) is 12.8 Å². The van der Waals surface area contributed by atoms with Crippen molar-refractivity contribution in [3.63, 3.8) is 0 Å². The zero-order valence-corrected chi connectivity index (χ0v) is 13.6. The summed E-state index contributed by atoms with van der Waals surface area (Å²) in [6.07, 6.45) is 1.78. The summed E-state index contributed by atoms with van der Waals surface area (Å²) in [6, 6.07) is 0. The van der Waals surface area contributed by atoms with Gasteiger partial charge in [-0.05, 0) is 0 Å². The lowest BCUT2D eigenvalue weighted by Gasteiger charge is -2.01. The summed E-state index contributed by atoms with van der Waals surface area (Å²) in [6.45, 7) is 6.38. The summed E-state index contributed by atoms with van der Waals surface area (Å²) in [5.41, 5.74) is 0. The van der Waals surface area contributed by atoms with Crippen LogP contribution in [0.4, 0.5) is 0 Å². The van der Waals surface area contributed by atoms with Gasteiger partial charge < -0.3 is 18.7 Å². The maximum atomic E-state index is 10.8. The molecule has 23 heavy (non-hydrogen) atoms. The lowest BCUT2D eigenvalue weighted by atomic mass is 10.3. The molecule has 0 bridgehead atoms. The smallest absolute Gasteiger partial charge is 0.461 e. The Bertz CT molecular complexity index is 547. The van der Waals surface area contributed by atoms with Crippen molar-refractivity contribution in [3.8, 4) is 0 Å². The molecule has 3 N–H and O–H groups in total. The van der Waals surface area contributed by atoms with Crippen LogP contribution in [0.3, 0.4) is 0 Å². The summed E-state index contributed by atoms with van der Waals surface area (Å²) < 4.78 is 50.0. The maximum absolute atomic E-state index is 10.8. The first-order valence-corrected chi connectivity index (χ1v) is 8.58. The minimum atomic E-state index is -4.81. The highest BCUT2D eigenvalue weighted by Crippen LogP contribution is 2.35. The molecule has 0 atom stereocenters. The van der Waals surface area contributed by atoms with Crippen molar-refractivity contribution in [1.82, 2.24) is 0 Å². The number of phosphoric ester groups is 1. The Morgan fingerprint density at radius 2 is 1.52 bits per heavy atom. The fraction of sp³-hybridized carbons (Fsp3) is 0.400. The van der Waals surface area contributed by atoms with Gasteiger partial charge in [0.25, 0.3) is 0 Å². The van der Waals surface area contributed by atoms with E-state index in [2.05, 4.69) is 26.6 Å². The van der Waals surface area contributed by atoms with Crippen molar-refractivity contribution in [2.24, 2.45) is 0 Å². The highest BCUT2D eigenvalue weighted by molar-refractivity contribution is 7.81. The van der Waals surface area contributed by atoms with Crippen LogP contribution in [-0.2, 0) is 38.0 Å². The van der Waals surface area contributed by atoms with Crippen molar-refractivity contribution in [1.29, 1.82) is 0 Å². The molecule has 0 aromatic carbocycles. The molecule has 13 heteroatoms. The van der Waals surface area contributed by atoms with E-state index in [9.17, 15) is 22.6 Å². The van der Waals surface area contributed by atoms with E-state index >= 15 is 0 Å². The van der Waals surface area contributed by atoms with Crippen LogP contribution in [0.25, 0.3) is 0 Å². The van der Waals surface area contributed by atoms with Crippen molar-refractivity contribution in [2.75, 3.05) is 13.2 Å². The minimum absolute atomic E-state index is 0.00613. The molecular formula is C10H17O11PS. The van der Waals surface area contributed by atoms with Gasteiger partial charge in [0.05, 0.1) is 19.4 Å². The lowest BCUT2D eigenvalue weighted by Crippen LogP contribution is -2.14. The second-order valence-corrected chi connectivity index (χ2v) is 5.69. The van der Waals surface area contributed by atoms with Crippen LogP contribution in [-0.4, -0.2) is 47.9 Å². The number of rotatable bonds is 9. The van der Waals surface area contributed by atoms with Gasteiger partial charge in [0, 0.05) is 0 Å². The van der Waals surface area contributed by atoms with Gasteiger partial charge in [-0.1, -0.05) is 18.7 Å². The van der Waals surface area contributed by atoms with Crippen LogP contribution < -0.4 is 0 Å². The molecule has 0 aromatic heterocycles. The number of ether oxygens (including phenoxy) is 1. The third-order valence-corrected chi connectivity index (χ3v) is 2.34. The predicted molar refractivity (Wildman–Crippen MR) is 76.2 cm³/mol. The lowest BCUT2D eigenvalue weighted by molar-refractivity contribution is -0.146. The van der Waals surface area contributed by atoms with Gasteiger partial charge in [-0.25, -0.2) is 4.57 Å². The highest BCUT2D eigenvalue weighted by Gasteiger charge is 2.15. The van der Waals surface area contributed by atoms with E-state index in [1.807, 2.05) is 0 Å². The maximum Gasteiger partial charge on any atom is 0.469 e. The van der Waals surface area contributed by atoms with Crippen molar-refractivity contribution in [3.05, 3.63) is 25.3 Å². The summed E-state index contributed by atoms with van der Waals surface area (Å²) in [7, 11) is -9.06. The van der Waals surface area contributed by atoms with Crippen molar-refractivity contribution < 1.29 is 50.4 Å². The molecule has 0 unspecified atom stereocenters. The van der Waals surface area contributed by atoms with Crippen LogP contribution in [0, 0.1) is 0 Å². The summed E-state index contributed by atoms with van der Waals surface area (Å²) in [5.74, 6) is -1.92. The molecule has 0 aliphatic rings. The Balaban J connectivity index is 0. The number of hydrogen-bond donors (Lipinski definition) is 3. The average Bonchev–Trinajstić information content (AvgIpc) is 2.38. The Hall–Kier alpha value is -1.56. The Morgan fingerprint density at radius 1 is 1.04 bits per heavy atom. The first-order valence-electron chi connectivity index (χ1n) is 5.68. The van der Waals surface area contributed by atoms with Crippen molar-refractivity contribution in [2.45, 2.75) is 12.8 Å². The van der Waals surface area contributed by atoms with Gasteiger partial charge in [-0.15, -0.1) is 6.58 Å². The van der Waals surface area contributed by atoms with E-state index in [1.165, 1.54) is 12.2 Å². The topological polar surface area (TPSA) is 174 Å². The Kier molecular flexibility index (Phi) is 12.3. The molecule has 0 heterocycles. The van der Waals surface area contributed by atoms with E-state index in [0.29, 0.717) is 0 Å². The largest absolute Gasteiger partial charge is 0.469 e. The molecule has 0 saturated heterocycles. The second-order valence-electron chi connectivity index (χ2n) is 3.43. The monoisotopic (exact) mass is 376 g/mol. The zero-order valence-electron chi connectivity index (χ0n) is 11.9. The number of carbonyl (C=O) groups excluding carboxylic acids is 2. The van der Waals surface area contributed by atoms with E-state index < -0.39 is 36.6 Å². The molecule has 134 valence electrons. The molecule has 0 fully saturated rings. The van der Waals surface area contributed by atoms with Crippen LogP contribution in [0.5, 0.6) is 0 Å². The second kappa shape index (κ2) is 11.9. The molecular weight excluding hydrogens is 359 g/mol. The van der Waals surface area contributed by atoms with Gasteiger partial charge >= 0.3 is 30.2 Å². The molecule has 0 aliphatic heterocycles. The Morgan fingerprint density at radius 3 is 1.87 bits per heavy atom. The number of hydrogen-bond acceptors (Lipinski definition) is 8. The third-order valence-electron chi connectivity index (χ3n) is 1.45. The Labute approximate surface area is 132 Å². The van der Waals surface area contributed by atoms with Gasteiger partial charge in [0.1, 0.15) is 6.61 Å². The number of esters is 1. The van der Waals surface area contributed by atoms with E-state index in [1.54, 1.807) is 0 Å². The van der Waals surface area contributed by atoms with Gasteiger partial charge in [-0.3, -0.25) is 18.7 Å². The number of phosphoric acid groups is 1. The van der Waals surface area contributed by atoms with E-state index in [0.717, 1.165) is 0 Å². The SMILES string of the molecule is C=CCOC(=O)CCC(=O)OS(=O)(=O)O.C=CCOP(=O)(O)O. The molecule has 0 rings (SSSR count). The third kappa shape index (κ3) is 22.9.